The van der Waals surface area contributed by atoms with Crippen LogP contribution in [0.3, 0.4) is 0 Å². The lowest BCUT2D eigenvalue weighted by molar-refractivity contribution is 0.174. The molecule has 0 bridgehead atoms. The number of anilines is 1. The van der Waals surface area contributed by atoms with E-state index in [2.05, 4.69) is 19.2 Å². The maximum atomic E-state index is 6.31. The first kappa shape index (κ1) is 12.9. The number of hydrogen-bond donors (Lipinski definition) is 1. The molecule has 1 aliphatic carbocycles. The number of rotatable bonds is 2. The van der Waals surface area contributed by atoms with Crippen molar-refractivity contribution in [2.24, 2.45) is 11.8 Å². The van der Waals surface area contributed by atoms with Crippen molar-refractivity contribution in [2.45, 2.75) is 39.2 Å². The van der Waals surface area contributed by atoms with Gasteiger partial charge in [-0.2, -0.15) is 0 Å². The Labute approximate surface area is 119 Å². The Morgan fingerprint density at radius 2 is 1.89 bits per heavy atom. The molecule has 19 heavy (non-hydrogen) atoms. The van der Waals surface area contributed by atoms with Crippen LogP contribution in [-0.4, -0.2) is 12.8 Å². The minimum absolute atomic E-state index is 0.284. The van der Waals surface area contributed by atoms with E-state index in [1.807, 2.05) is 12.1 Å². The summed E-state index contributed by atoms with van der Waals surface area (Å²) in [6, 6.07) is 4.28. The van der Waals surface area contributed by atoms with Crippen LogP contribution in [0.5, 0.6) is 11.5 Å². The SMILES string of the molecule is CC1CCC(Nc2cc3c(cc2Cl)OCO3)C(C)C1. The minimum Gasteiger partial charge on any atom is -0.454 e. The third kappa shape index (κ3) is 2.62. The van der Waals surface area contributed by atoms with Crippen molar-refractivity contribution in [1.29, 1.82) is 0 Å². The van der Waals surface area contributed by atoms with Gasteiger partial charge in [0.25, 0.3) is 0 Å². The Morgan fingerprint density at radius 1 is 1.16 bits per heavy atom. The number of benzene rings is 1. The monoisotopic (exact) mass is 281 g/mol. The number of ether oxygens (including phenoxy) is 2. The van der Waals surface area contributed by atoms with Gasteiger partial charge in [0.2, 0.25) is 6.79 Å². The van der Waals surface area contributed by atoms with E-state index in [9.17, 15) is 0 Å². The van der Waals surface area contributed by atoms with Gasteiger partial charge >= 0.3 is 0 Å². The van der Waals surface area contributed by atoms with Crippen LogP contribution in [0.2, 0.25) is 5.02 Å². The molecule has 3 unspecified atom stereocenters. The van der Waals surface area contributed by atoms with Gasteiger partial charge in [0.15, 0.2) is 11.5 Å². The van der Waals surface area contributed by atoms with Crippen molar-refractivity contribution in [1.82, 2.24) is 0 Å². The van der Waals surface area contributed by atoms with E-state index in [0.29, 0.717) is 17.0 Å². The van der Waals surface area contributed by atoms with Crippen LogP contribution in [0.15, 0.2) is 12.1 Å². The summed E-state index contributed by atoms with van der Waals surface area (Å²) in [5, 5.41) is 4.29. The van der Waals surface area contributed by atoms with Crippen molar-refractivity contribution in [3.63, 3.8) is 0 Å². The zero-order valence-electron chi connectivity index (χ0n) is 11.4. The molecule has 3 rings (SSSR count). The molecule has 0 saturated heterocycles. The number of hydrogen-bond acceptors (Lipinski definition) is 3. The lowest BCUT2D eigenvalue weighted by atomic mass is 9.80. The first-order valence-electron chi connectivity index (χ1n) is 6.99. The average Bonchev–Trinajstić information content (AvgIpc) is 2.80. The largest absolute Gasteiger partial charge is 0.454 e. The smallest absolute Gasteiger partial charge is 0.231 e. The Bertz CT molecular complexity index is 477. The normalized spacial score (nSPS) is 29.3. The topological polar surface area (TPSA) is 30.5 Å². The molecule has 3 atom stereocenters. The standard InChI is InChI=1S/C15H20ClNO2/c1-9-3-4-12(10(2)5-9)17-13-7-15-14(6-11(13)16)18-8-19-15/h6-7,9-10,12,17H,3-5,8H2,1-2H3. The molecule has 1 aliphatic heterocycles. The molecule has 1 aromatic carbocycles. The quantitative estimate of drug-likeness (QED) is 0.876. The molecule has 1 heterocycles. The summed E-state index contributed by atoms with van der Waals surface area (Å²) in [6.07, 6.45) is 3.76. The molecule has 0 amide bonds. The molecule has 0 radical (unpaired) electrons. The van der Waals surface area contributed by atoms with Crippen LogP contribution in [0.25, 0.3) is 0 Å². The Hall–Kier alpha value is -1.09. The Balaban J connectivity index is 1.76. The molecule has 1 aromatic rings. The zero-order chi connectivity index (χ0) is 13.4. The Morgan fingerprint density at radius 3 is 2.63 bits per heavy atom. The van der Waals surface area contributed by atoms with Gasteiger partial charge in [-0.05, 0) is 31.1 Å². The maximum absolute atomic E-state index is 6.31. The van der Waals surface area contributed by atoms with Crippen molar-refractivity contribution in [2.75, 3.05) is 12.1 Å². The molecular formula is C15H20ClNO2. The van der Waals surface area contributed by atoms with E-state index in [1.165, 1.54) is 19.3 Å². The van der Waals surface area contributed by atoms with Crippen molar-refractivity contribution < 1.29 is 9.47 Å². The minimum atomic E-state index is 0.284. The van der Waals surface area contributed by atoms with E-state index in [0.717, 1.165) is 23.1 Å². The van der Waals surface area contributed by atoms with E-state index in [-0.39, 0.29) is 6.79 Å². The summed E-state index contributed by atoms with van der Waals surface area (Å²) in [7, 11) is 0. The van der Waals surface area contributed by atoms with Gasteiger partial charge in [-0.15, -0.1) is 0 Å². The molecule has 0 aromatic heterocycles. The van der Waals surface area contributed by atoms with Gasteiger partial charge in [0, 0.05) is 18.2 Å². The first-order valence-corrected chi connectivity index (χ1v) is 7.37. The van der Waals surface area contributed by atoms with Crippen LogP contribution in [0.1, 0.15) is 33.1 Å². The molecule has 0 spiro atoms. The van der Waals surface area contributed by atoms with Crippen molar-refractivity contribution in [3.05, 3.63) is 17.2 Å². The molecule has 1 saturated carbocycles. The van der Waals surface area contributed by atoms with Gasteiger partial charge in [0.05, 0.1) is 10.7 Å². The van der Waals surface area contributed by atoms with Gasteiger partial charge in [-0.3, -0.25) is 0 Å². The maximum Gasteiger partial charge on any atom is 0.231 e. The fraction of sp³-hybridized carbons (Fsp3) is 0.600. The molecule has 3 nitrogen and oxygen atoms in total. The lowest BCUT2D eigenvalue weighted by Gasteiger charge is -2.34. The number of fused-ring (bicyclic) bond motifs is 1. The molecule has 104 valence electrons. The molecule has 1 N–H and O–H groups in total. The summed E-state index contributed by atoms with van der Waals surface area (Å²) in [5.41, 5.74) is 0.956. The van der Waals surface area contributed by atoms with E-state index >= 15 is 0 Å². The van der Waals surface area contributed by atoms with Crippen LogP contribution >= 0.6 is 11.6 Å². The highest BCUT2D eigenvalue weighted by molar-refractivity contribution is 6.33. The van der Waals surface area contributed by atoms with Gasteiger partial charge in [-0.25, -0.2) is 0 Å². The summed E-state index contributed by atoms with van der Waals surface area (Å²) >= 11 is 6.31. The van der Waals surface area contributed by atoms with Crippen LogP contribution in [0, 0.1) is 11.8 Å². The van der Waals surface area contributed by atoms with Crippen molar-refractivity contribution in [3.8, 4) is 11.5 Å². The fourth-order valence-corrected chi connectivity index (χ4v) is 3.32. The van der Waals surface area contributed by atoms with Gasteiger partial charge in [-0.1, -0.05) is 25.4 Å². The predicted molar refractivity (Wildman–Crippen MR) is 77.2 cm³/mol. The highest BCUT2D eigenvalue weighted by Crippen LogP contribution is 2.40. The third-order valence-electron chi connectivity index (χ3n) is 4.23. The molecular weight excluding hydrogens is 262 g/mol. The molecule has 1 fully saturated rings. The second-order valence-corrected chi connectivity index (χ2v) is 6.24. The van der Waals surface area contributed by atoms with Crippen LogP contribution in [-0.2, 0) is 0 Å². The number of halogens is 1. The first-order chi connectivity index (χ1) is 9.13. The van der Waals surface area contributed by atoms with Crippen molar-refractivity contribution >= 4 is 17.3 Å². The second kappa shape index (κ2) is 5.12. The second-order valence-electron chi connectivity index (χ2n) is 5.83. The molecule has 4 heteroatoms. The summed E-state index contributed by atoms with van der Waals surface area (Å²) in [5.74, 6) is 3.02. The Kier molecular flexibility index (Phi) is 3.48. The summed E-state index contributed by atoms with van der Waals surface area (Å²) in [6.45, 7) is 4.93. The third-order valence-corrected chi connectivity index (χ3v) is 4.55. The van der Waals surface area contributed by atoms with Gasteiger partial charge < -0.3 is 14.8 Å². The highest BCUT2D eigenvalue weighted by Gasteiger charge is 2.26. The average molecular weight is 282 g/mol. The van der Waals surface area contributed by atoms with E-state index in [4.69, 9.17) is 21.1 Å². The van der Waals surface area contributed by atoms with Crippen LogP contribution in [0.4, 0.5) is 5.69 Å². The predicted octanol–water partition coefficient (Wildman–Crippen LogP) is 4.31. The zero-order valence-corrected chi connectivity index (χ0v) is 12.2. The van der Waals surface area contributed by atoms with E-state index in [1.54, 1.807) is 0 Å². The van der Waals surface area contributed by atoms with Gasteiger partial charge in [0.1, 0.15) is 0 Å². The summed E-state index contributed by atoms with van der Waals surface area (Å²) < 4.78 is 10.7. The summed E-state index contributed by atoms with van der Waals surface area (Å²) in [4.78, 5) is 0. The highest BCUT2D eigenvalue weighted by atomic mass is 35.5. The fourth-order valence-electron chi connectivity index (χ4n) is 3.11. The molecule has 2 aliphatic rings. The van der Waals surface area contributed by atoms with E-state index < -0.39 is 0 Å². The van der Waals surface area contributed by atoms with Crippen LogP contribution < -0.4 is 14.8 Å². The lowest BCUT2D eigenvalue weighted by Crippen LogP contribution is -2.33. The number of nitrogens with one attached hydrogen (secondary N) is 1.